The third-order valence-electron chi connectivity index (χ3n) is 2.93. The van der Waals surface area contributed by atoms with Gasteiger partial charge in [0.25, 0.3) is 5.91 Å². The Hall–Kier alpha value is -1.91. The summed E-state index contributed by atoms with van der Waals surface area (Å²) in [5.41, 5.74) is 0.814. The molecule has 2 N–H and O–H groups in total. The van der Waals surface area contributed by atoms with Crippen molar-refractivity contribution in [1.82, 2.24) is 5.32 Å². The number of hydrogen-bond acceptors (Lipinski definition) is 3. The molecular formula is C15H13Cl2NO3. The van der Waals surface area contributed by atoms with Gasteiger partial charge in [0, 0.05) is 22.2 Å². The first kappa shape index (κ1) is 15.5. The van der Waals surface area contributed by atoms with E-state index in [-0.39, 0.29) is 17.9 Å². The summed E-state index contributed by atoms with van der Waals surface area (Å²) < 4.78 is 5.20. The van der Waals surface area contributed by atoms with Gasteiger partial charge in [-0.05, 0) is 30.3 Å². The second-order valence-corrected chi connectivity index (χ2v) is 5.11. The van der Waals surface area contributed by atoms with Crippen LogP contribution in [0.25, 0.3) is 0 Å². The third-order valence-corrected chi connectivity index (χ3v) is 3.52. The molecule has 2 aromatic rings. The number of carbonyl (C=O) groups excluding carboxylic acids is 1. The van der Waals surface area contributed by atoms with Crippen LogP contribution in [0, 0.1) is 0 Å². The van der Waals surface area contributed by atoms with Gasteiger partial charge in [-0.3, -0.25) is 4.79 Å². The number of rotatable bonds is 4. The number of halogens is 2. The lowest BCUT2D eigenvalue weighted by atomic mass is 10.1. The molecule has 0 saturated heterocycles. The summed E-state index contributed by atoms with van der Waals surface area (Å²) in [6, 6.07) is 9.53. The first-order chi connectivity index (χ1) is 10.0. The Labute approximate surface area is 132 Å². The van der Waals surface area contributed by atoms with Crippen molar-refractivity contribution in [3.8, 4) is 11.5 Å². The number of ether oxygens (including phenoxy) is 1. The highest BCUT2D eigenvalue weighted by molar-refractivity contribution is 6.31. The average Bonchev–Trinajstić information content (AvgIpc) is 2.45. The summed E-state index contributed by atoms with van der Waals surface area (Å²) in [4.78, 5) is 12.1. The van der Waals surface area contributed by atoms with E-state index in [1.54, 1.807) is 18.2 Å². The largest absolute Gasteiger partial charge is 0.507 e. The summed E-state index contributed by atoms with van der Waals surface area (Å²) >= 11 is 11.8. The predicted octanol–water partition coefficient (Wildman–Crippen LogP) is 3.64. The molecule has 1 amide bonds. The van der Waals surface area contributed by atoms with Crippen molar-refractivity contribution in [2.45, 2.75) is 6.54 Å². The maximum Gasteiger partial charge on any atom is 0.255 e. The van der Waals surface area contributed by atoms with E-state index in [1.807, 2.05) is 0 Å². The molecule has 0 aliphatic rings. The molecule has 0 bridgehead atoms. The average molecular weight is 326 g/mol. The number of hydrogen-bond donors (Lipinski definition) is 2. The van der Waals surface area contributed by atoms with Gasteiger partial charge in [-0.15, -0.1) is 0 Å². The van der Waals surface area contributed by atoms with Crippen LogP contribution in [-0.2, 0) is 6.54 Å². The zero-order valence-corrected chi connectivity index (χ0v) is 12.7. The Bertz CT molecular complexity index is 674. The molecular weight excluding hydrogens is 313 g/mol. The minimum atomic E-state index is -0.425. The van der Waals surface area contributed by atoms with Crippen LogP contribution >= 0.6 is 23.2 Å². The SMILES string of the molecule is COc1cccc(Cl)c1CNC(=O)c1ccc(Cl)cc1O. The van der Waals surface area contributed by atoms with E-state index in [2.05, 4.69) is 5.32 Å². The number of phenolic OH excluding ortho intramolecular Hbond substituents is 1. The Balaban J connectivity index is 2.15. The van der Waals surface area contributed by atoms with Crippen LogP contribution in [0.3, 0.4) is 0 Å². The second kappa shape index (κ2) is 6.70. The highest BCUT2D eigenvalue weighted by atomic mass is 35.5. The van der Waals surface area contributed by atoms with E-state index in [1.165, 1.54) is 25.3 Å². The van der Waals surface area contributed by atoms with Crippen molar-refractivity contribution in [2.75, 3.05) is 7.11 Å². The molecule has 0 fully saturated rings. The second-order valence-electron chi connectivity index (χ2n) is 4.26. The molecule has 0 aliphatic carbocycles. The molecule has 0 spiro atoms. The van der Waals surface area contributed by atoms with Crippen LogP contribution in [0.15, 0.2) is 36.4 Å². The van der Waals surface area contributed by atoms with Crippen LogP contribution in [0.4, 0.5) is 0 Å². The summed E-state index contributed by atoms with van der Waals surface area (Å²) in [6.07, 6.45) is 0. The number of benzene rings is 2. The van der Waals surface area contributed by atoms with Crippen LogP contribution in [0.1, 0.15) is 15.9 Å². The molecule has 0 unspecified atom stereocenters. The molecule has 0 radical (unpaired) electrons. The van der Waals surface area contributed by atoms with E-state index in [4.69, 9.17) is 27.9 Å². The fourth-order valence-electron chi connectivity index (χ4n) is 1.86. The number of methoxy groups -OCH3 is 1. The van der Waals surface area contributed by atoms with Gasteiger partial charge in [0.05, 0.1) is 12.7 Å². The standard InChI is InChI=1S/C15H13Cl2NO3/c1-21-14-4-2-3-12(17)11(14)8-18-15(20)10-6-5-9(16)7-13(10)19/h2-7,19H,8H2,1H3,(H,18,20). The van der Waals surface area contributed by atoms with Gasteiger partial charge in [0.2, 0.25) is 0 Å². The molecule has 0 aliphatic heterocycles. The maximum atomic E-state index is 12.1. The van der Waals surface area contributed by atoms with Crippen LogP contribution in [0.2, 0.25) is 10.0 Å². The highest BCUT2D eigenvalue weighted by Crippen LogP contribution is 2.26. The summed E-state index contributed by atoms with van der Waals surface area (Å²) in [5.74, 6) is -0.0135. The smallest absolute Gasteiger partial charge is 0.255 e. The van der Waals surface area contributed by atoms with E-state index in [0.717, 1.165) is 0 Å². The van der Waals surface area contributed by atoms with Crippen molar-refractivity contribution in [3.63, 3.8) is 0 Å². The molecule has 0 saturated carbocycles. The van der Waals surface area contributed by atoms with E-state index < -0.39 is 5.91 Å². The molecule has 21 heavy (non-hydrogen) atoms. The van der Waals surface area contributed by atoms with Gasteiger partial charge >= 0.3 is 0 Å². The van der Waals surface area contributed by atoms with Crippen LogP contribution < -0.4 is 10.1 Å². The number of nitrogens with one attached hydrogen (secondary N) is 1. The van der Waals surface area contributed by atoms with E-state index in [0.29, 0.717) is 21.4 Å². The zero-order chi connectivity index (χ0) is 15.4. The monoisotopic (exact) mass is 325 g/mol. The lowest BCUT2D eigenvalue weighted by Crippen LogP contribution is -2.23. The first-order valence-electron chi connectivity index (χ1n) is 6.11. The third kappa shape index (κ3) is 3.60. The Morgan fingerprint density at radius 1 is 1.29 bits per heavy atom. The fraction of sp³-hybridized carbons (Fsp3) is 0.133. The van der Waals surface area contributed by atoms with Gasteiger partial charge in [0.1, 0.15) is 11.5 Å². The molecule has 2 aromatic carbocycles. The Morgan fingerprint density at radius 3 is 2.71 bits per heavy atom. The van der Waals surface area contributed by atoms with Crippen molar-refractivity contribution in [2.24, 2.45) is 0 Å². The van der Waals surface area contributed by atoms with Crippen molar-refractivity contribution >= 4 is 29.1 Å². The highest BCUT2D eigenvalue weighted by Gasteiger charge is 2.13. The molecule has 0 atom stereocenters. The van der Waals surface area contributed by atoms with Gasteiger partial charge in [-0.25, -0.2) is 0 Å². The van der Waals surface area contributed by atoms with Crippen molar-refractivity contribution < 1.29 is 14.6 Å². The van der Waals surface area contributed by atoms with Crippen molar-refractivity contribution in [1.29, 1.82) is 0 Å². The molecule has 0 heterocycles. The number of phenols is 1. The quantitative estimate of drug-likeness (QED) is 0.902. The summed E-state index contributed by atoms with van der Waals surface area (Å²) in [6.45, 7) is 0.184. The normalized spacial score (nSPS) is 10.2. The topological polar surface area (TPSA) is 58.6 Å². The molecule has 0 aromatic heterocycles. The van der Waals surface area contributed by atoms with Crippen molar-refractivity contribution in [3.05, 3.63) is 57.6 Å². The molecule has 2 rings (SSSR count). The van der Waals surface area contributed by atoms with Crippen LogP contribution in [-0.4, -0.2) is 18.1 Å². The first-order valence-corrected chi connectivity index (χ1v) is 6.86. The van der Waals surface area contributed by atoms with E-state index >= 15 is 0 Å². The summed E-state index contributed by atoms with van der Waals surface area (Å²) in [5, 5.41) is 13.3. The minimum Gasteiger partial charge on any atom is -0.507 e. The summed E-state index contributed by atoms with van der Waals surface area (Å²) in [7, 11) is 1.53. The van der Waals surface area contributed by atoms with E-state index in [9.17, 15) is 9.90 Å². The lowest BCUT2D eigenvalue weighted by molar-refractivity contribution is 0.0948. The van der Waals surface area contributed by atoms with Gasteiger partial charge < -0.3 is 15.2 Å². The number of aromatic hydroxyl groups is 1. The number of carbonyl (C=O) groups is 1. The molecule has 110 valence electrons. The maximum absolute atomic E-state index is 12.1. The minimum absolute atomic E-state index is 0.144. The lowest BCUT2D eigenvalue weighted by Gasteiger charge is -2.12. The Kier molecular flexibility index (Phi) is 4.94. The zero-order valence-electron chi connectivity index (χ0n) is 11.2. The Morgan fingerprint density at radius 2 is 2.05 bits per heavy atom. The van der Waals surface area contributed by atoms with Crippen LogP contribution in [0.5, 0.6) is 11.5 Å². The van der Waals surface area contributed by atoms with Gasteiger partial charge in [-0.2, -0.15) is 0 Å². The number of amides is 1. The fourth-order valence-corrected chi connectivity index (χ4v) is 2.26. The molecule has 4 nitrogen and oxygen atoms in total. The van der Waals surface area contributed by atoms with Gasteiger partial charge in [0.15, 0.2) is 0 Å². The van der Waals surface area contributed by atoms with Gasteiger partial charge in [-0.1, -0.05) is 29.3 Å². The molecule has 6 heteroatoms. The predicted molar refractivity (Wildman–Crippen MR) is 82.3 cm³/mol.